The standard InChI is InChI=1S/C22H24ClNO7/c1-29-24-10-14-4-2-13(3-5-14)8-15-9-16(6-7-17(15)23)22-20(28)18(26)19(27)21(11-25,31-22)12-30-22/h2-7,9-10,18-20,25-28H,8,11-12H2,1H3/b24-10+/t18-,19-,20+,21-,22-/m0/s1. The third-order valence-corrected chi connectivity index (χ3v) is 6.23. The second-order valence-electron chi connectivity index (χ2n) is 7.80. The van der Waals surface area contributed by atoms with Crippen LogP contribution in [0.2, 0.25) is 5.02 Å². The molecule has 4 rings (SSSR count). The summed E-state index contributed by atoms with van der Waals surface area (Å²) in [4.78, 5) is 4.68. The summed E-state index contributed by atoms with van der Waals surface area (Å²) >= 11 is 6.42. The number of hydrogen-bond donors (Lipinski definition) is 4. The fraction of sp³-hybridized carbons (Fsp3) is 0.409. The van der Waals surface area contributed by atoms with Crippen LogP contribution in [0.3, 0.4) is 0 Å². The molecule has 2 fully saturated rings. The summed E-state index contributed by atoms with van der Waals surface area (Å²) in [6.45, 7) is -0.750. The molecule has 8 nitrogen and oxygen atoms in total. The fourth-order valence-corrected chi connectivity index (χ4v) is 4.24. The summed E-state index contributed by atoms with van der Waals surface area (Å²) in [5.74, 6) is -1.72. The molecule has 0 saturated carbocycles. The number of halogens is 1. The van der Waals surface area contributed by atoms with Gasteiger partial charge in [-0.1, -0.05) is 47.1 Å². The topological polar surface area (TPSA) is 121 Å². The zero-order valence-electron chi connectivity index (χ0n) is 16.8. The SMILES string of the molecule is CO/N=C/c1ccc(Cc2cc([C@]34OC[C@](CO)(O3)[C@@H](O)[C@H](O)[C@H]4O)ccc2Cl)cc1. The van der Waals surface area contributed by atoms with Crippen molar-refractivity contribution in [1.82, 2.24) is 0 Å². The Hall–Kier alpha value is -2.04. The Kier molecular flexibility index (Phi) is 6.06. The van der Waals surface area contributed by atoms with E-state index in [0.717, 1.165) is 16.7 Å². The molecular weight excluding hydrogens is 426 g/mol. The van der Waals surface area contributed by atoms with Crippen LogP contribution in [0, 0.1) is 0 Å². The molecule has 31 heavy (non-hydrogen) atoms. The molecule has 4 N–H and O–H groups in total. The van der Waals surface area contributed by atoms with E-state index >= 15 is 0 Å². The van der Waals surface area contributed by atoms with E-state index in [1.54, 1.807) is 24.4 Å². The summed E-state index contributed by atoms with van der Waals surface area (Å²) in [5, 5.41) is 45.4. The van der Waals surface area contributed by atoms with Crippen molar-refractivity contribution in [3.8, 4) is 0 Å². The lowest BCUT2D eigenvalue weighted by Crippen LogP contribution is -2.65. The predicted octanol–water partition coefficient (Wildman–Crippen LogP) is 0.938. The Bertz CT molecular complexity index is 969. The van der Waals surface area contributed by atoms with Gasteiger partial charge in [0.25, 0.3) is 0 Å². The number of nitrogens with zero attached hydrogens (tertiary/aromatic N) is 1. The van der Waals surface area contributed by atoms with Crippen molar-refractivity contribution in [2.24, 2.45) is 5.16 Å². The lowest BCUT2D eigenvalue weighted by Gasteiger charge is -2.46. The highest BCUT2D eigenvalue weighted by molar-refractivity contribution is 6.31. The van der Waals surface area contributed by atoms with Crippen LogP contribution in [0.1, 0.15) is 22.3 Å². The van der Waals surface area contributed by atoms with Gasteiger partial charge in [-0.3, -0.25) is 0 Å². The van der Waals surface area contributed by atoms with Crippen LogP contribution in [0.25, 0.3) is 0 Å². The van der Waals surface area contributed by atoms with E-state index in [2.05, 4.69) is 9.99 Å². The largest absolute Gasteiger partial charge is 0.399 e. The minimum atomic E-state index is -1.72. The van der Waals surface area contributed by atoms with Gasteiger partial charge < -0.3 is 34.7 Å². The van der Waals surface area contributed by atoms with E-state index in [1.165, 1.54) is 7.11 Å². The van der Waals surface area contributed by atoms with Crippen LogP contribution in [-0.2, 0) is 26.5 Å². The average molecular weight is 450 g/mol. The number of aliphatic hydroxyl groups is 4. The lowest BCUT2D eigenvalue weighted by molar-refractivity contribution is -0.329. The van der Waals surface area contributed by atoms with E-state index in [1.807, 2.05) is 24.3 Å². The van der Waals surface area contributed by atoms with Gasteiger partial charge in [-0.25, -0.2) is 0 Å². The van der Waals surface area contributed by atoms with E-state index in [4.69, 9.17) is 21.1 Å². The predicted molar refractivity (Wildman–Crippen MR) is 112 cm³/mol. The Labute approximate surface area is 184 Å². The maximum Gasteiger partial charge on any atom is 0.225 e. The quantitative estimate of drug-likeness (QED) is 0.382. The molecule has 2 bridgehead atoms. The summed E-state index contributed by atoms with van der Waals surface area (Å²) in [5.41, 5.74) is 1.55. The second-order valence-corrected chi connectivity index (χ2v) is 8.21. The van der Waals surface area contributed by atoms with Gasteiger partial charge >= 0.3 is 0 Å². The van der Waals surface area contributed by atoms with Crippen molar-refractivity contribution in [2.75, 3.05) is 20.3 Å². The number of hydrogen-bond acceptors (Lipinski definition) is 8. The van der Waals surface area contributed by atoms with Crippen LogP contribution >= 0.6 is 11.6 Å². The number of benzene rings is 2. The van der Waals surface area contributed by atoms with Crippen molar-refractivity contribution >= 4 is 17.8 Å². The minimum absolute atomic E-state index is 0.179. The van der Waals surface area contributed by atoms with Crippen LogP contribution in [0.15, 0.2) is 47.6 Å². The first-order chi connectivity index (χ1) is 14.8. The molecule has 2 aromatic rings. The molecule has 5 atom stereocenters. The number of oxime groups is 1. The summed E-state index contributed by atoms with van der Waals surface area (Å²) in [7, 11) is 1.48. The summed E-state index contributed by atoms with van der Waals surface area (Å²) in [6, 6.07) is 12.7. The van der Waals surface area contributed by atoms with Gasteiger partial charge in [-0.05, 0) is 35.2 Å². The van der Waals surface area contributed by atoms with E-state index < -0.39 is 36.3 Å². The molecule has 2 heterocycles. The summed E-state index contributed by atoms with van der Waals surface area (Å²) < 4.78 is 11.7. The highest BCUT2D eigenvalue weighted by Crippen LogP contribution is 2.49. The molecule has 0 aromatic heterocycles. The third kappa shape index (κ3) is 3.74. The molecule has 0 radical (unpaired) electrons. The highest BCUT2D eigenvalue weighted by Gasteiger charge is 2.67. The Balaban J connectivity index is 1.64. The smallest absolute Gasteiger partial charge is 0.225 e. The van der Waals surface area contributed by atoms with Crippen molar-refractivity contribution in [1.29, 1.82) is 0 Å². The molecular formula is C22H24ClNO7. The average Bonchev–Trinajstić information content (AvgIpc) is 3.17. The molecule has 2 saturated heterocycles. The molecule has 2 aliphatic heterocycles. The van der Waals surface area contributed by atoms with Gasteiger partial charge in [-0.15, -0.1) is 0 Å². The zero-order valence-corrected chi connectivity index (χ0v) is 17.6. The van der Waals surface area contributed by atoms with Gasteiger partial charge in [0.2, 0.25) is 5.79 Å². The second kappa shape index (κ2) is 8.48. The first-order valence-electron chi connectivity index (χ1n) is 9.79. The van der Waals surface area contributed by atoms with E-state index in [0.29, 0.717) is 17.0 Å². The number of ether oxygens (including phenoxy) is 2. The van der Waals surface area contributed by atoms with Crippen LogP contribution in [-0.4, -0.2) is 70.9 Å². The third-order valence-electron chi connectivity index (χ3n) is 5.86. The van der Waals surface area contributed by atoms with Crippen molar-refractivity contribution in [3.63, 3.8) is 0 Å². The van der Waals surface area contributed by atoms with Gasteiger partial charge in [0, 0.05) is 10.6 Å². The van der Waals surface area contributed by atoms with Crippen molar-refractivity contribution < 1.29 is 34.7 Å². The van der Waals surface area contributed by atoms with Crippen molar-refractivity contribution in [3.05, 3.63) is 69.7 Å². The zero-order chi connectivity index (χ0) is 22.2. The first kappa shape index (κ1) is 22.2. The highest BCUT2D eigenvalue weighted by atomic mass is 35.5. The maximum absolute atomic E-state index is 10.7. The van der Waals surface area contributed by atoms with E-state index in [-0.39, 0.29) is 6.61 Å². The Morgan fingerprint density at radius 1 is 1.16 bits per heavy atom. The van der Waals surface area contributed by atoms with Gasteiger partial charge in [0.1, 0.15) is 31.0 Å². The molecule has 0 aliphatic carbocycles. The van der Waals surface area contributed by atoms with Gasteiger partial charge in [0.05, 0.1) is 19.4 Å². The normalized spacial score (nSPS) is 32.5. The van der Waals surface area contributed by atoms with Crippen LogP contribution in [0.5, 0.6) is 0 Å². The first-order valence-corrected chi connectivity index (χ1v) is 10.2. The number of fused-ring (bicyclic) bond motifs is 2. The molecule has 0 amide bonds. The monoisotopic (exact) mass is 449 g/mol. The van der Waals surface area contributed by atoms with Crippen LogP contribution < -0.4 is 0 Å². The number of rotatable bonds is 6. The van der Waals surface area contributed by atoms with Crippen molar-refractivity contribution in [2.45, 2.75) is 36.1 Å². The fourth-order valence-electron chi connectivity index (χ4n) is 4.06. The van der Waals surface area contributed by atoms with Gasteiger partial charge in [0.15, 0.2) is 0 Å². The molecule has 166 valence electrons. The Morgan fingerprint density at radius 2 is 1.90 bits per heavy atom. The lowest BCUT2D eigenvalue weighted by atomic mass is 9.83. The number of aliphatic hydroxyl groups excluding tert-OH is 4. The van der Waals surface area contributed by atoms with E-state index in [9.17, 15) is 20.4 Å². The molecule has 0 spiro atoms. The minimum Gasteiger partial charge on any atom is -0.399 e. The molecule has 9 heteroatoms. The van der Waals surface area contributed by atoms with Gasteiger partial charge in [-0.2, -0.15) is 0 Å². The molecule has 0 unspecified atom stereocenters. The summed E-state index contributed by atoms with van der Waals surface area (Å²) in [6.07, 6.45) is -2.50. The molecule has 2 aliphatic rings. The van der Waals surface area contributed by atoms with Crippen LogP contribution in [0.4, 0.5) is 0 Å². The maximum atomic E-state index is 10.7. The molecule has 2 aromatic carbocycles. The Morgan fingerprint density at radius 3 is 2.58 bits per heavy atom.